The molecule has 0 spiro atoms. The highest BCUT2D eigenvalue weighted by Crippen LogP contribution is 2.22. The van der Waals surface area contributed by atoms with Crippen molar-refractivity contribution in [1.29, 1.82) is 0 Å². The standard InChI is InChI=1S/C14H22O2/c1-3-14(16-4-2)13-9-5-7-12(11-13)8-6-10-15/h5,7,9,11,14-15H,3-4,6,8,10H2,1-2H3. The summed E-state index contributed by atoms with van der Waals surface area (Å²) in [7, 11) is 0. The average molecular weight is 222 g/mol. The second-order valence-corrected chi connectivity index (χ2v) is 3.92. The highest BCUT2D eigenvalue weighted by atomic mass is 16.5. The van der Waals surface area contributed by atoms with Gasteiger partial charge in [-0.3, -0.25) is 0 Å². The predicted molar refractivity (Wildman–Crippen MR) is 66.5 cm³/mol. The quantitative estimate of drug-likeness (QED) is 0.768. The summed E-state index contributed by atoms with van der Waals surface area (Å²) in [6.45, 7) is 5.17. The lowest BCUT2D eigenvalue weighted by molar-refractivity contribution is 0.0598. The maximum absolute atomic E-state index is 8.81. The lowest BCUT2D eigenvalue weighted by atomic mass is 10.0. The molecule has 0 radical (unpaired) electrons. The number of ether oxygens (including phenoxy) is 1. The zero-order valence-corrected chi connectivity index (χ0v) is 10.3. The zero-order valence-electron chi connectivity index (χ0n) is 10.3. The SMILES string of the molecule is CCOC(CC)c1cccc(CCCO)c1. The molecule has 90 valence electrons. The first-order chi connectivity index (χ1) is 7.81. The minimum absolute atomic E-state index is 0.207. The Labute approximate surface area is 98.3 Å². The van der Waals surface area contributed by atoms with E-state index in [0.717, 1.165) is 25.9 Å². The van der Waals surface area contributed by atoms with Gasteiger partial charge < -0.3 is 9.84 Å². The molecule has 0 saturated carbocycles. The molecule has 0 aliphatic rings. The van der Waals surface area contributed by atoms with E-state index in [1.165, 1.54) is 11.1 Å². The van der Waals surface area contributed by atoms with Crippen LogP contribution in [0.1, 0.15) is 43.9 Å². The Balaban J connectivity index is 2.71. The van der Waals surface area contributed by atoms with E-state index in [9.17, 15) is 0 Å². The molecule has 1 aromatic carbocycles. The molecular formula is C14H22O2. The molecule has 1 aromatic rings. The van der Waals surface area contributed by atoms with Crippen molar-refractivity contribution in [3.8, 4) is 0 Å². The van der Waals surface area contributed by atoms with Crippen molar-refractivity contribution in [3.05, 3.63) is 35.4 Å². The largest absolute Gasteiger partial charge is 0.396 e. The van der Waals surface area contributed by atoms with E-state index in [-0.39, 0.29) is 12.7 Å². The normalized spacial score (nSPS) is 12.7. The number of aryl methyl sites for hydroxylation is 1. The first-order valence-electron chi connectivity index (χ1n) is 6.13. The van der Waals surface area contributed by atoms with Gasteiger partial charge in [0, 0.05) is 13.2 Å². The monoisotopic (exact) mass is 222 g/mol. The summed E-state index contributed by atoms with van der Waals surface area (Å²) in [6.07, 6.45) is 2.97. The lowest BCUT2D eigenvalue weighted by Gasteiger charge is -2.16. The van der Waals surface area contributed by atoms with Gasteiger partial charge in [-0.05, 0) is 37.3 Å². The number of aliphatic hydroxyl groups excluding tert-OH is 1. The van der Waals surface area contributed by atoms with Gasteiger partial charge >= 0.3 is 0 Å². The van der Waals surface area contributed by atoms with Crippen molar-refractivity contribution in [2.75, 3.05) is 13.2 Å². The third-order valence-corrected chi connectivity index (χ3v) is 2.69. The fourth-order valence-corrected chi connectivity index (χ4v) is 1.88. The van der Waals surface area contributed by atoms with Gasteiger partial charge in [0.2, 0.25) is 0 Å². The molecule has 16 heavy (non-hydrogen) atoms. The maximum atomic E-state index is 8.81. The number of benzene rings is 1. The molecule has 0 bridgehead atoms. The van der Waals surface area contributed by atoms with Crippen molar-refractivity contribution in [2.45, 2.75) is 39.2 Å². The van der Waals surface area contributed by atoms with Crippen molar-refractivity contribution < 1.29 is 9.84 Å². The third kappa shape index (κ3) is 3.95. The Bertz CT molecular complexity index is 297. The molecule has 1 rings (SSSR count). The van der Waals surface area contributed by atoms with E-state index in [0.29, 0.717) is 0 Å². The summed E-state index contributed by atoms with van der Waals surface area (Å²) < 4.78 is 5.69. The summed E-state index contributed by atoms with van der Waals surface area (Å²) in [4.78, 5) is 0. The van der Waals surface area contributed by atoms with Crippen molar-refractivity contribution in [3.63, 3.8) is 0 Å². The van der Waals surface area contributed by atoms with Crippen LogP contribution in [-0.4, -0.2) is 18.3 Å². The van der Waals surface area contributed by atoms with Gasteiger partial charge in [-0.15, -0.1) is 0 Å². The lowest BCUT2D eigenvalue weighted by Crippen LogP contribution is -2.03. The van der Waals surface area contributed by atoms with Crippen molar-refractivity contribution in [2.24, 2.45) is 0 Å². The maximum Gasteiger partial charge on any atom is 0.0822 e. The fourth-order valence-electron chi connectivity index (χ4n) is 1.88. The van der Waals surface area contributed by atoms with E-state index in [1.54, 1.807) is 0 Å². The van der Waals surface area contributed by atoms with Crippen LogP contribution in [0.15, 0.2) is 24.3 Å². The van der Waals surface area contributed by atoms with Gasteiger partial charge in [-0.25, -0.2) is 0 Å². The topological polar surface area (TPSA) is 29.5 Å². The molecule has 0 heterocycles. The first kappa shape index (κ1) is 13.2. The summed E-state index contributed by atoms with van der Waals surface area (Å²) in [5.74, 6) is 0. The van der Waals surface area contributed by atoms with Crippen LogP contribution in [0.4, 0.5) is 0 Å². The number of hydrogen-bond donors (Lipinski definition) is 1. The van der Waals surface area contributed by atoms with E-state index >= 15 is 0 Å². The van der Waals surface area contributed by atoms with Gasteiger partial charge in [-0.1, -0.05) is 31.2 Å². The van der Waals surface area contributed by atoms with Gasteiger partial charge in [0.25, 0.3) is 0 Å². The second kappa shape index (κ2) is 7.42. The van der Waals surface area contributed by atoms with E-state index in [4.69, 9.17) is 9.84 Å². The Kier molecular flexibility index (Phi) is 6.12. The van der Waals surface area contributed by atoms with Crippen LogP contribution < -0.4 is 0 Å². The minimum Gasteiger partial charge on any atom is -0.396 e. The molecule has 1 unspecified atom stereocenters. The van der Waals surface area contributed by atoms with Crippen molar-refractivity contribution in [1.82, 2.24) is 0 Å². The first-order valence-corrected chi connectivity index (χ1v) is 6.13. The highest BCUT2D eigenvalue weighted by Gasteiger charge is 2.08. The summed E-state index contributed by atoms with van der Waals surface area (Å²) in [5, 5.41) is 8.81. The molecule has 0 aromatic heterocycles. The highest BCUT2D eigenvalue weighted by molar-refractivity contribution is 5.25. The molecular weight excluding hydrogens is 200 g/mol. The van der Waals surface area contributed by atoms with Crippen LogP contribution in [0.5, 0.6) is 0 Å². The Morgan fingerprint density at radius 3 is 2.75 bits per heavy atom. The smallest absolute Gasteiger partial charge is 0.0822 e. The number of aliphatic hydroxyl groups is 1. The number of rotatable bonds is 7. The van der Waals surface area contributed by atoms with Crippen LogP contribution in [0.3, 0.4) is 0 Å². The molecule has 2 nitrogen and oxygen atoms in total. The summed E-state index contributed by atoms with van der Waals surface area (Å²) in [6, 6.07) is 8.49. The molecule has 0 amide bonds. The predicted octanol–water partition coefficient (Wildman–Crippen LogP) is 3.10. The Hall–Kier alpha value is -0.860. The van der Waals surface area contributed by atoms with Crippen LogP contribution in [-0.2, 0) is 11.2 Å². The summed E-state index contributed by atoms with van der Waals surface area (Å²) >= 11 is 0. The Morgan fingerprint density at radius 2 is 2.12 bits per heavy atom. The van der Waals surface area contributed by atoms with Gasteiger partial charge in [0.05, 0.1) is 6.10 Å². The number of hydrogen-bond acceptors (Lipinski definition) is 2. The third-order valence-electron chi connectivity index (χ3n) is 2.69. The molecule has 2 heteroatoms. The van der Waals surface area contributed by atoms with Gasteiger partial charge in [0.1, 0.15) is 0 Å². The fraction of sp³-hybridized carbons (Fsp3) is 0.571. The molecule has 0 saturated heterocycles. The average Bonchev–Trinajstić information content (AvgIpc) is 2.33. The van der Waals surface area contributed by atoms with Crippen LogP contribution in [0.2, 0.25) is 0 Å². The van der Waals surface area contributed by atoms with E-state index in [1.807, 2.05) is 6.92 Å². The molecule has 1 atom stereocenters. The molecule has 1 N–H and O–H groups in total. The second-order valence-electron chi connectivity index (χ2n) is 3.92. The van der Waals surface area contributed by atoms with Crippen molar-refractivity contribution >= 4 is 0 Å². The minimum atomic E-state index is 0.207. The van der Waals surface area contributed by atoms with Gasteiger partial charge in [-0.2, -0.15) is 0 Å². The van der Waals surface area contributed by atoms with Crippen LogP contribution in [0, 0.1) is 0 Å². The molecule has 0 aliphatic heterocycles. The van der Waals surface area contributed by atoms with Crippen LogP contribution >= 0.6 is 0 Å². The molecule has 0 fully saturated rings. The zero-order chi connectivity index (χ0) is 11.8. The van der Waals surface area contributed by atoms with Crippen LogP contribution in [0.25, 0.3) is 0 Å². The molecule has 0 aliphatic carbocycles. The summed E-state index contributed by atoms with van der Waals surface area (Å²) in [5.41, 5.74) is 2.53. The van der Waals surface area contributed by atoms with E-state index in [2.05, 4.69) is 31.2 Å². The Morgan fingerprint density at radius 1 is 1.31 bits per heavy atom. The van der Waals surface area contributed by atoms with Gasteiger partial charge in [0.15, 0.2) is 0 Å². The van der Waals surface area contributed by atoms with E-state index < -0.39 is 0 Å².